The number of rotatable bonds is 1. The lowest BCUT2D eigenvalue weighted by Crippen LogP contribution is -1.82. The fourth-order valence-corrected chi connectivity index (χ4v) is 1.17. The molecule has 0 bridgehead atoms. The van der Waals surface area contributed by atoms with Crippen LogP contribution in [0.2, 0.25) is 10.0 Å². The molecule has 0 saturated heterocycles. The van der Waals surface area contributed by atoms with Gasteiger partial charge in [-0.05, 0) is 17.7 Å². The molecule has 0 amide bonds. The Morgan fingerprint density at radius 3 is 2.58 bits per heavy atom. The highest BCUT2D eigenvalue weighted by molar-refractivity contribution is 6.42. The molecule has 0 aliphatic carbocycles. The maximum Gasteiger partial charge on any atom is 0.136 e. The van der Waals surface area contributed by atoms with Gasteiger partial charge in [-0.25, -0.2) is 0 Å². The van der Waals surface area contributed by atoms with E-state index in [1.165, 1.54) is 6.07 Å². The summed E-state index contributed by atoms with van der Waals surface area (Å²) in [6, 6.07) is 4.94. The predicted octanol–water partition coefficient (Wildman–Crippen LogP) is 2.77. The summed E-state index contributed by atoms with van der Waals surface area (Å²) >= 11 is 11.2. The lowest BCUT2D eigenvalue weighted by molar-refractivity contribution is 0.475. The maximum absolute atomic E-state index is 9.18. The molecule has 1 N–H and O–H groups in total. The van der Waals surface area contributed by atoms with Gasteiger partial charge in [0.2, 0.25) is 0 Å². The summed E-state index contributed by atoms with van der Waals surface area (Å²) in [5.41, 5.74) is 0.657. The van der Waals surface area contributed by atoms with Crippen LogP contribution < -0.4 is 0 Å². The van der Waals surface area contributed by atoms with E-state index in [2.05, 4.69) is 0 Å². The molecule has 0 heterocycles. The van der Waals surface area contributed by atoms with E-state index in [1.807, 2.05) is 6.07 Å². The van der Waals surface area contributed by atoms with E-state index in [4.69, 9.17) is 28.5 Å². The van der Waals surface area contributed by atoms with E-state index in [0.29, 0.717) is 5.56 Å². The summed E-state index contributed by atoms with van der Waals surface area (Å²) in [4.78, 5) is 0. The van der Waals surface area contributed by atoms with Crippen molar-refractivity contribution in [3.63, 3.8) is 0 Å². The molecular formula is C8H5Cl2NO. The molecule has 0 aliphatic heterocycles. The number of nitriles is 1. The zero-order valence-corrected chi connectivity index (χ0v) is 7.52. The van der Waals surface area contributed by atoms with Crippen LogP contribution in [0.15, 0.2) is 12.1 Å². The van der Waals surface area contributed by atoms with Crippen LogP contribution in [0.1, 0.15) is 5.56 Å². The smallest absolute Gasteiger partial charge is 0.136 e. The summed E-state index contributed by atoms with van der Waals surface area (Å²) in [5, 5.41) is 17.9. The minimum atomic E-state index is -0.0885. The Balaban J connectivity index is 3.14. The monoisotopic (exact) mass is 201 g/mol. The number of nitrogens with zero attached hydrogens (tertiary/aromatic N) is 1. The molecule has 0 radical (unpaired) electrons. The van der Waals surface area contributed by atoms with Crippen molar-refractivity contribution >= 4 is 23.2 Å². The average molecular weight is 202 g/mol. The van der Waals surface area contributed by atoms with Gasteiger partial charge in [0.25, 0.3) is 0 Å². The Kier molecular flexibility index (Phi) is 2.80. The minimum absolute atomic E-state index is 0.0885. The summed E-state index contributed by atoms with van der Waals surface area (Å²) in [5.74, 6) is -0.0885. The largest absolute Gasteiger partial charge is 0.506 e. The lowest BCUT2D eigenvalue weighted by Gasteiger charge is -2.01. The molecule has 1 aromatic rings. The van der Waals surface area contributed by atoms with Crippen LogP contribution in [-0.2, 0) is 6.42 Å². The minimum Gasteiger partial charge on any atom is -0.506 e. The molecule has 0 aliphatic rings. The van der Waals surface area contributed by atoms with Gasteiger partial charge in [-0.15, -0.1) is 0 Å². The van der Waals surface area contributed by atoms with Crippen LogP contribution in [-0.4, -0.2) is 5.11 Å². The van der Waals surface area contributed by atoms with E-state index in [-0.39, 0.29) is 22.2 Å². The van der Waals surface area contributed by atoms with Gasteiger partial charge in [0.1, 0.15) is 10.8 Å². The molecule has 0 aromatic heterocycles. The highest BCUT2D eigenvalue weighted by Crippen LogP contribution is 2.32. The number of hydrogen-bond acceptors (Lipinski definition) is 2. The van der Waals surface area contributed by atoms with Gasteiger partial charge in [-0.3, -0.25) is 0 Å². The summed E-state index contributed by atoms with van der Waals surface area (Å²) in [7, 11) is 0. The molecule has 12 heavy (non-hydrogen) atoms. The number of aromatic hydroxyl groups is 1. The van der Waals surface area contributed by atoms with Gasteiger partial charge < -0.3 is 5.11 Å². The lowest BCUT2D eigenvalue weighted by atomic mass is 10.1. The fourth-order valence-electron chi connectivity index (χ4n) is 0.822. The second-order valence-electron chi connectivity index (χ2n) is 2.25. The quantitative estimate of drug-likeness (QED) is 0.760. The molecule has 0 atom stereocenters. The van der Waals surface area contributed by atoms with Crippen LogP contribution in [0.5, 0.6) is 5.75 Å². The number of phenolic OH excluding ortho intramolecular Hbond substituents is 1. The van der Waals surface area contributed by atoms with Crippen molar-refractivity contribution < 1.29 is 5.11 Å². The third-order valence-electron chi connectivity index (χ3n) is 1.35. The van der Waals surface area contributed by atoms with Gasteiger partial charge in [-0.2, -0.15) is 5.26 Å². The first-order valence-corrected chi connectivity index (χ1v) is 3.94. The molecule has 62 valence electrons. The van der Waals surface area contributed by atoms with Gasteiger partial charge >= 0.3 is 0 Å². The Bertz CT molecular complexity index is 320. The number of halogens is 2. The highest BCUT2D eigenvalue weighted by atomic mass is 35.5. The number of hydrogen-bond donors (Lipinski definition) is 1. The highest BCUT2D eigenvalue weighted by Gasteiger charge is 2.05. The molecule has 4 heteroatoms. The topological polar surface area (TPSA) is 44.0 Å². The second kappa shape index (κ2) is 3.66. The van der Waals surface area contributed by atoms with Crippen molar-refractivity contribution in [2.24, 2.45) is 0 Å². The Morgan fingerprint density at radius 1 is 1.42 bits per heavy atom. The molecule has 2 nitrogen and oxygen atoms in total. The van der Waals surface area contributed by atoms with E-state index < -0.39 is 0 Å². The van der Waals surface area contributed by atoms with Gasteiger partial charge in [0.15, 0.2) is 0 Å². The fraction of sp³-hybridized carbons (Fsp3) is 0.125. The summed E-state index contributed by atoms with van der Waals surface area (Å²) in [6.45, 7) is 0. The molecule has 0 fully saturated rings. The van der Waals surface area contributed by atoms with E-state index in [1.54, 1.807) is 6.07 Å². The van der Waals surface area contributed by atoms with E-state index in [0.717, 1.165) is 0 Å². The Labute approximate surface area is 80.0 Å². The summed E-state index contributed by atoms with van der Waals surface area (Å²) < 4.78 is 0. The van der Waals surface area contributed by atoms with Gasteiger partial charge in [0, 0.05) is 0 Å². The first kappa shape index (κ1) is 9.18. The van der Waals surface area contributed by atoms with Crippen LogP contribution in [0.4, 0.5) is 0 Å². The van der Waals surface area contributed by atoms with Crippen LogP contribution in [0.25, 0.3) is 0 Å². The number of phenols is 1. The van der Waals surface area contributed by atoms with Gasteiger partial charge in [-0.1, -0.05) is 23.2 Å². The molecule has 0 unspecified atom stereocenters. The standard InChI is InChI=1S/C8H5Cl2NO/c9-6-3-5(1-2-11)4-7(12)8(6)10/h3-4,12H,1H2. The molecular weight excluding hydrogens is 197 g/mol. The molecule has 1 rings (SSSR count). The average Bonchev–Trinajstić information content (AvgIpc) is 2.01. The second-order valence-corrected chi connectivity index (χ2v) is 3.03. The molecule has 0 saturated carbocycles. The van der Waals surface area contributed by atoms with Crippen molar-refractivity contribution in [3.8, 4) is 11.8 Å². The third-order valence-corrected chi connectivity index (χ3v) is 2.14. The van der Waals surface area contributed by atoms with Crippen molar-refractivity contribution in [2.75, 3.05) is 0 Å². The van der Waals surface area contributed by atoms with Crippen molar-refractivity contribution in [2.45, 2.75) is 6.42 Å². The zero-order valence-electron chi connectivity index (χ0n) is 6.01. The Morgan fingerprint density at radius 2 is 2.08 bits per heavy atom. The number of benzene rings is 1. The van der Waals surface area contributed by atoms with E-state index >= 15 is 0 Å². The first-order valence-electron chi connectivity index (χ1n) is 3.19. The normalized spacial score (nSPS) is 9.42. The first-order chi connectivity index (χ1) is 5.65. The van der Waals surface area contributed by atoms with Gasteiger partial charge in [0.05, 0.1) is 17.5 Å². The summed E-state index contributed by atoms with van der Waals surface area (Å²) in [6.07, 6.45) is 0.213. The van der Waals surface area contributed by atoms with Crippen molar-refractivity contribution in [3.05, 3.63) is 27.7 Å². The van der Waals surface area contributed by atoms with Crippen LogP contribution in [0, 0.1) is 11.3 Å². The SMILES string of the molecule is N#CCc1cc(O)c(Cl)c(Cl)c1. The molecule has 1 aromatic carbocycles. The predicted molar refractivity (Wildman–Crippen MR) is 47.4 cm³/mol. The van der Waals surface area contributed by atoms with Crippen molar-refractivity contribution in [1.29, 1.82) is 5.26 Å². The third kappa shape index (κ3) is 1.82. The van der Waals surface area contributed by atoms with E-state index in [9.17, 15) is 5.11 Å². The van der Waals surface area contributed by atoms with Crippen LogP contribution in [0.3, 0.4) is 0 Å². The maximum atomic E-state index is 9.18. The zero-order chi connectivity index (χ0) is 9.14. The Hall–Kier alpha value is -0.910. The van der Waals surface area contributed by atoms with Crippen molar-refractivity contribution in [1.82, 2.24) is 0 Å². The molecule has 0 spiro atoms. The van der Waals surface area contributed by atoms with Crippen LogP contribution >= 0.6 is 23.2 Å².